The lowest BCUT2D eigenvalue weighted by molar-refractivity contribution is -0.102. The summed E-state index contributed by atoms with van der Waals surface area (Å²) >= 11 is -1.09. The Hall–Kier alpha value is -2.58. The van der Waals surface area contributed by atoms with Crippen LogP contribution < -0.4 is 9.47 Å². The Morgan fingerprint density at radius 1 is 1.00 bits per heavy atom. The van der Waals surface area contributed by atoms with Gasteiger partial charge in [0.2, 0.25) is 0 Å². The van der Waals surface area contributed by atoms with Crippen LogP contribution in [0.4, 0.5) is 4.39 Å². The Morgan fingerprint density at radius 3 is 2.49 bits per heavy atom. The minimum atomic E-state index is -1.09. The molecule has 0 aliphatic heterocycles. The van der Waals surface area contributed by atoms with Crippen molar-refractivity contribution in [3.63, 3.8) is 0 Å². The quantitative estimate of drug-likeness (QED) is 0.159. The Labute approximate surface area is 234 Å². The van der Waals surface area contributed by atoms with Crippen molar-refractivity contribution in [2.45, 2.75) is 75.4 Å². The second-order valence-electron chi connectivity index (χ2n) is 10.4. The van der Waals surface area contributed by atoms with Crippen molar-refractivity contribution in [2.75, 3.05) is 13.7 Å². The first-order chi connectivity index (χ1) is 18.8. The molecule has 5 nitrogen and oxygen atoms in total. The number of hydrogen-bond donors (Lipinski definition) is 2. The molecule has 1 fully saturated rings. The van der Waals surface area contributed by atoms with Gasteiger partial charge in [-0.1, -0.05) is 31.0 Å². The van der Waals surface area contributed by atoms with Crippen LogP contribution in [0.5, 0.6) is 11.5 Å². The molecule has 0 heterocycles. The zero-order chi connectivity index (χ0) is 27.9. The van der Waals surface area contributed by atoms with E-state index in [9.17, 15) is 14.0 Å². The number of halogens is 1. The molecule has 4 rings (SSSR count). The summed E-state index contributed by atoms with van der Waals surface area (Å²) in [6.07, 6.45) is 3.32. The van der Waals surface area contributed by atoms with Gasteiger partial charge < -0.3 is 19.3 Å². The van der Waals surface area contributed by atoms with Gasteiger partial charge in [0.1, 0.15) is 23.9 Å². The molecule has 0 spiro atoms. The first-order valence-electron chi connectivity index (χ1n) is 13.7. The molecular weight excluding hydrogens is 515 g/mol. The van der Waals surface area contributed by atoms with Crippen LogP contribution in [0.2, 0.25) is 0 Å². The average Bonchev–Trinajstić information content (AvgIpc) is 3.76. The van der Waals surface area contributed by atoms with Gasteiger partial charge in [0.15, 0.2) is 27.6 Å². The zero-order valence-corrected chi connectivity index (χ0v) is 24.0. The molecule has 3 aromatic rings. The van der Waals surface area contributed by atoms with E-state index in [4.69, 9.17) is 14.2 Å². The number of ether oxygens (including phenoxy) is 3. The number of methoxy groups -OCH3 is 1. The normalized spacial score (nSPS) is 15.7. The molecule has 0 aromatic heterocycles. The maximum Gasteiger partial charge on any atom is 0.198 e. The summed E-state index contributed by atoms with van der Waals surface area (Å²) in [4.78, 5) is 0.682. The van der Waals surface area contributed by atoms with Crippen molar-refractivity contribution in [1.29, 1.82) is 0 Å². The Kier molecular flexibility index (Phi) is 10.3. The van der Waals surface area contributed by atoms with Gasteiger partial charge in [-0.25, -0.2) is 4.39 Å². The number of aliphatic hydroxyl groups is 1. The molecule has 0 radical (unpaired) electrons. The van der Waals surface area contributed by atoms with E-state index in [-0.39, 0.29) is 17.0 Å². The molecule has 1 saturated carbocycles. The summed E-state index contributed by atoms with van der Waals surface area (Å²) in [5.74, 6) is 1.85. The van der Waals surface area contributed by atoms with Crippen molar-refractivity contribution >= 4 is 11.2 Å². The van der Waals surface area contributed by atoms with Crippen molar-refractivity contribution < 1.29 is 28.3 Å². The van der Waals surface area contributed by atoms with Crippen molar-refractivity contribution in [2.24, 2.45) is 5.92 Å². The third kappa shape index (κ3) is 7.98. The molecule has 39 heavy (non-hydrogen) atoms. The third-order valence-electron chi connectivity index (χ3n) is 7.08. The second-order valence-corrected chi connectivity index (χ2v) is 12.4. The molecule has 0 amide bonds. The summed E-state index contributed by atoms with van der Waals surface area (Å²) in [7, 11) is 1.55. The van der Waals surface area contributed by atoms with Crippen LogP contribution in [-0.2, 0) is 22.5 Å². The fourth-order valence-corrected chi connectivity index (χ4v) is 5.98. The standard InChI is InChI=1S/C32H40FO5S/c1-5-37-32(34)18-25(15-22-9-10-22)24-7-6-8-27(17-24)38-20-23-11-13-28(31(16-23)39(35)21(2)3)29-19-26(36-4)12-14-30(29)33/h6-8,11-14,16-17,19,21-22,25,32,34-35H,5,9-10,15,18,20H2,1-4H3/q+1/t25-,32?,39?/m1/s1. The summed E-state index contributed by atoms with van der Waals surface area (Å²) < 4.78 is 42.8. The fraction of sp³-hybridized carbons (Fsp3) is 0.438. The van der Waals surface area contributed by atoms with Crippen LogP contribution in [0.15, 0.2) is 65.6 Å². The van der Waals surface area contributed by atoms with Crippen LogP contribution in [0.25, 0.3) is 11.1 Å². The average molecular weight is 556 g/mol. The molecule has 7 heteroatoms. The molecule has 0 bridgehead atoms. The van der Waals surface area contributed by atoms with Gasteiger partial charge >= 0.3 is 0 Å². The molecule has 0 saturated heterocycles. The second kappa shape index (κ2) is 13.7. The maximum atomic E-state index is 14.8. The lowest BCUT2D eigenvalue weighted by Crippen LogP contribution is -2.17. The van der Waals surface area contributed by atoms with Crippen LogP contribution in [-0.4, -0.2) is 34.9 Å². The fourth-order valence-electron chi connectivity index (χ4n) is 4.80. The molecule has 3 aromatic carbocycles. The number of benzene rings is 3. The van der Waals surface area contributed by atoms with Gasteiger partial charge in [-0.3, -0.25) is 0 Å². The first-order valence-corrected chi connectivity index (χ1v) is 14.9. The molecular formula is C32H40FO5S+. The Bertz CT molecular complexity index is 1230. The van der Waals surface area contributed by atoms with E-state index in [1.54, 1.807) is 19.2 Å². The number of aliphatic hydroxyl groups excluding tert-OH is 1. The topological polar surface area (TPSA) is 68.2 Å². The van der Waals surface area contributed by atoms with E-state index < -0.39 is 17.5 Å². The summed E-state index contributed by atoms with van der Waals surface area (Å²) in [5, 5.41) is 10.3. The Balaban J connectivity index is 1.55. The summed E-state index contributed by atoms with van der Waals surface area (Å²) in [5.41, 5.74) is 3.07. The first kappa shape index (κ1) is 29.4. The Morgan fingerprint density at radius 2 is 1.79 bits per heavy atom. The lowest BCUT2D eigenvalue weighted by Gasteiger charge is -2.21. The third-order valence-corrected chi connectivity index (χ3v) is 8.76. The van der Waals surface area contributed by atoms with Gasteiger partial charge in [0, 0.05) is 30.2 Å². The van der Waals surface area contributed by atoms with Crippen molar-refractivity contribution in [3.8, 4) is 22.6 Å². The van der Waals surface area contributed by atoms with Crippen molar-refractivity contribution in [1.82, 2.24) is 0 Å². The smallest absolute Gasteiger partial charge is 0.198 e. The van der Waals surface area contributed by atoms with Gasteiger partial charge in [0.25, 0.3) is 0 Å². The minimum absolute atomic E-state index is 0.0271. The lowest BCUT2D eigenvalue weighted by atomic mass is 9.90. The van der Waals surface area contributed by atoms with E-state index in [2.05, 4.69) is 12.1 Å². The van der Waals surface area contributed by atoms with E-state index >= 15 is 0 Å². The van der Waals surface area contributed by atoms with Gasteiger partial charge in [-0.05, 0) is 86.6 Å². The van der Waals surface area contributed by atoms with Crippen LogP contribution in [0, 0.1) is 11.7 Å². The van der Waals surface area contributed by atoms with Crippen LogP contribution in [0.3, 0.4) is 0 Å². The van der Waals surface area contributed by atoms with Crippen molar-refractivity contribution in [3.05, 3.63) is 77.6 Å². The highest BCUT2D eigenvalue weighted by atomic mass is 32.2. The van der Waals surface area contributed by atoms with Gasteiger partial charge in [0.05, 0.1) is 7.11 Å². The maximum absolute atomic E-state index is 14.8. The summed E-state index contributed by atoms with van der Waals surface area (Å²) in [6, 6.07) is 18.4. The summed E-state index contributed by atoms with van der Waals surface area (Å²) in [6.45, 7) is 6.58. The molecule has 2 N–H and O–H groups in total. The van der Waals surface area contributed by atoms with E-state index in [1.165, 1.54) is 18.9 Å². The SMILES string of the molecule is CCOC(O)C[C@@H](CC1CC1)c1cccc(OCc2ccc(-c3cc(OC)ccc3F)c([S+](O)C(C)C)c2)c1. The molecule has 1 aliphatic rings. The number of hydrogen-bond acceptors (Lipinski definition) is 5. The minimum Gasteiger partial charge on any atom is -0.497 e. The number of rotatable bonds is 14. The van der Waals surface area contributed by atoms with Gasteiger partial charge in [-0.2, -0.15) is 4.55 Å². The van der Waals surface area contributed by atoms with Gasteiger partial charge in [-0.15, -0.1) is 0 Å². The van der Waals surface area contributed by atoms with E-state index in [0.29, 0.717) is 47.3 Å². The predicted molar refractivity (Wildman–Crippen MR) is 155 cm³/mol. The monoisotopic (exact) mass is 555 g/mol. The molecule has 210 valence electrons. The largest absolute Gasteiger partial charge is 0.497 e. The predicted octanol–water partition coefficient (Wildman–Crippen LogP) is 7.57. The highest BCUT2D eigenvalue weighted by molar-refractivity contribution is 7.92. The van der Waals surface area contributed by atoms with E-state index in [0.717, 1.165) is 23.3 Å². The zero-order valence-electron chi connectivity index (χ0n) is 23.2. The van der Waals surface area contributed by atoms with Crippen LogP contribution in [0.1, 0.15) is 63.5 Å². The molecule has 1 aliphatic carbocycles. The highest BCUT2D eigenvalue weighted by Gasteiger charge is 2.30. The highest BCUT2D eigenvalue weighted by Crippen LogP contribution is 2.41. The molecule has 2 unspecified atom stereocenters. The van der Waals surface area contributed by atoms with E-state index in [1.807, 2.05) is 51.1 Å². The van der Waals surface area contributed by atoms with Crippen LogP contribution >= 0.6 is 0 Å². The molecule has 3 atom stereocenters.